The van der Waals surface area contributed by atoms with E-state index in [-0.39, 0.29) is 25.5 Å². The van der Waals surface area contributed by atoms with Crippen LogP contribution in [0.25, 0.3) is 11.1 Å². The van der Waals surface area contributed by atoms with E-state index >= 15 is 0 Å². The molecule has 0 spiro atoms. The Kier molecular flexibility index (Phi) is 7.42. The summed E-state index contributed by atoms with van der Waals surface area (Å²) in [6.45, 7) is 0.0375. The molecule has 0 aliphatic heterocycles. The lowest BCUT2D eigenvalue weighted by molar-refractivity contribution is -0.147. The Balaban J connectivity index is 1.42. The number of carbonyl (C=O) groups excluding carboxylic acids is 2. The Bertz CT molecular complexity index is 1170. The number of carbonyl (C=O) groups is 3. The molecule has 180 valence electrons. The van der Waals surface area contributed by atoms with Crippen LogP contribution >= 0.6 is 0 Å². The lowest BCUT2D eigenvalue weighted by Gasteiger charge is -2.20. The lowest BCUT2D eigenvalue weighted by Crippen LogP contribution is -2.42. The van der Waals surface area contributed by atoms with Crippen LogP contribution in [0.2, 0.25) is 0 Å². The molecule has 3 aromatic rings. The first-order valence-corrected chi connectivity index (χ1v) is 11.3. The van der Waals surface area contributed by atoms with Crippen LogP contribution in [-0.2, 0) is 14.3 Å². The number of hydrogen-bond donors (Lipinski definition) is 4. The van der Waals surface area contributed by atoms with Gasteiger partial charge in [-0.3, -0.25) is 4.79 Å². The van der Waals surface area contributed by atoms with Crippen molar-refractivity contribution in [3.8, 4) is 11.1 Å². The van der Waals surface area contributed by atoms with E-state index in [0.29, 0.717) is 5.56 Å². The zero-order chi connectivity index (χ0) is 24.8. The monoisotopic (exact) mass is 474 g/mol. The molecular weight excluding hydrogens is 448 g/mol. The van der Waals surface area contributed by atoms with Crippen molar-refractivity contribution in [1.29, 1.82) is 0 Å². The minimum Gasteiger partial charge on any atom is -0.479 e. The maximum atomic E-state index is 12.8. The third kappa shape index (κ3) is 5.50. The second-order valence-corrected chi connectivity index (χ2v) is 8.25. The van der Waals surface area contributed by atoms with Gasteiger partial charge in [0, 0.05) is 18.9 Å². The Morgan fingerprint density at radius 1 is 0.857 bits per heavy atom. The van der Waals surface area contributed by atoms with E-state index in [1.165, 1.54) is 0 Å². The normalized spacial score (nSPS) is 13.7. The van der Waals surface area contributed by atoms with Crippen molar-refractivity contribution in [2.45, 2.75) is 24.5 Å². The summed E-state index contributed by atoms with van der Waals surface area (Å²) in [5, 5.41) is 23.4. The maximum absolute atomic E-state index is 12.8. The summed E-state index contributed by atoms with van der Waals surface area (Å²) < 4.78 is 5.57. The molecule has 0 aromatic heterocycles. The topological polar surface area (TPSA) is 125 Å². The van der Waals surface area contributed by atoms with E-state index in [1.807, 2.05) is 48.5 Å². The molecule has 0 fully saturated rings. The first-order chi connectivity index (χ1) is 17.0. The molecule has 0 heterocycles. The second-order valence-electron chi connectivity index (χ2n) is 8.25. The molecule has 0 saturated heterocycles. The minimum absolute atomic E-state index is 0.0675. The molecule has 0 radical (unpaired) electrons. The third-order valence-corrected chi connectivity index (χ3v) is 6.00. The Labute approximate surface area is 202 Å². The molecule has 0 unspecified atom stereocenters. The molecule has 0 saturated carbocycles. The van der Waals surface area contributed by atoms with Gasteiger partial charge >= 0.3 is 12.1 Å². The number of amides is 2. The molecule has 3 aromatic carbocycles. The molecule has 4 N–H and O–H groups in total. The Morgan fingerprint density at radius 3 is 2.03 bits per heavy atom. The number of alkyl carbamates (subject to hydrolysis) is 1. The summed E-state index contributed by atoms with van der Waals surface area (Å²) in [6, 6.07) is 23.6. The molecule has 4 rings (SSSR count). The highest BCUT2D eigenvalue weighted by molar-refractivity contribution is 5.87. The summed E-state index contributed by atoms with van der Waals surface area (Å²) in [7, 11) is 0. The number of aliphatic hydroxyl groups excluding tert-OH is 1. The van der Waals surface area contributed by atoms with Crippen molar-refractivity contribution in [2.75, 3.05) is 13.2 Å². The molecule has 0 bridgehead atoms. The van der Waals surface area contributed by atoms with E-state index in [4.69, 9.17) is 9.84 Å². The van der Waals surface area contributed by atoms with Crippen molar-refractivity contribution in [3.63, 3.8) is 0 Å². The number of aliphatic hydroxyl groups is 1. The fourth-order valence-corrected chi connectivity index (χ4v) is 4.26. The van der Waals surface area contributed by atoms with Crippen molar-refractivity contribution < 1.29 is 29.3 Å². The number of aliphatic carboxylic acids is 1. The van der Waals surface area contributed by atoms with Crippen LogP contribution in [0.3, 0.4) is 0 Å². The summed E-state index contributed by atoms with van der Waals surface area (Å²) in [6.07, 6.45) is -2.49. The number of carboxylic acid groups (broad SMARTS) is 1. The van der Waals surface area contributed by atoms with Crippen LogP contribution in [0, 0.1) is 0 Å². The van der Waals surface area contributed by atoms with Gasteiger partial charge in [-0.15, -0.1) is 0 Å². The SMILES string of the molecule is O=C(N[C@@H](C(=O)NCC[C@H](O)C(=O)O)c1ccccc1)OCC1c2ccccc2-c2ccccc21. The van der Waals surface area contributed by atoms with Crippen LogP contribution in [0.4, 0.5) is 4.79 Å². The number of ether oxygens (including phenoxy) is 1. The summed E-state index contributed by atoms with van der Waals surface area (Å²) in [5.41, 5.74) is 4.92. The molecule has 1 aliphatic carbocycles. The van der Waals surface area contributed by atoms with Crippen molar-refractivity contribution in [1.82, 2.24) is 10.6 Å². The van der Waals surface area contributed by atoms with Crippen LogP contribution in [0.5, 0.6) is 0 Å². The van der Waals surface area contributed by atoms with Crippen LogP contribution in [0.1, 0.15) is 35.1 Å². The van der Waals surface area contributed by atoms with Gasteiger partial charge in [0.25, 0.3) is 0 Å². The number of benzene rings is 3. The quantitative estimate of drug-likeness (QED) is 0.377. The van der Waals surface area contributed by atoms with Gasteiger partial charge in [0.15, 0.2) is 6.10 Å². The third-order valence-electron chi connectivity index (χ3n) is 6.00. The van der Waals surface area contributed by atoms with Gasteiger partial charge in [-0.1, -0.05) is 78.9 Å². The summed E-state index contributed by atoms with van der Waals surface area (Å²) in [4.78, 5) is 36.3. The van der Waals surface area contributed by atoms with Gasteiger partial charge in [0.05, 0.1) is 0 Å². The van der Waals surface area contributed by atoms with E-state index in [2.05, 4.69) is 10.6 Å². The number of fused-ring (bicyclic) bond motifs is 3. The predicted octanol–water partition coefficient (Wildman–Crippen LogP) is 3.22. The smallest absolute Gasteiger partial charge is 0.408 e. The highest BCUT2D eigenvalue weighted by Crippen LogP contribution is 2.44. The molecule has 1 aliphatic rings. The number of hydrogen-bond acceptors (Lipinski definition) is 5. The Hall–Kier alpha value is -4.17. The molecule has 8 nitrogen and oxygen atoms in total. The zero-order valence-corrected chi connectivity index (χ0v) is 18.9. The summed E-state index contributed by atoms with van der Waals surface area (Å²) >= 11 is 0. The summed E-state index contributed by atoms with van der Waals surface area (Å²) in [5.74, 6) is -2.02. The fourth-order valence-electron chi connectivity index (χ4n) is 4.26. The average Bonchev–Trinajstić information content (AvgIpc) is 3.20. The maximum Gasteiger partial charge on any atom is 0.408 e. The molecule has 2 atom stereocenters. The number of carboxylic acids is 1. The fraction of sp³-hybridized carbons (Fsp3) is 0.222. The van der Waals surface area contributed by atoms with Gasteiger partial charge < -0.3 is 25.6 Å². The molecular formula is C27H26N2O6. The largest absolute Gasteiger partial charge is 0.479 e. The van der Waals surface area contributed by atoms with Crippen molar-refractivity contribution in [3.05, 3.63) is 95.6 Å². The van der Waals surface area contributed by atoms with E-state index in [0.717, 1.165) is 22.3 Å². The highest BCUT2D eigenvalue weighted by atomic mass is 16.5. The minimum atomic E-state index is -1.58. The zero-order valence-electron chi connectivity index (χ0n) is 18.9. The van der Waals surface area contributed by atoms with Crippen LogP contribution in [0.15, 0.2) is 78.9 Å². The first-order valence-electron chi connectivity index (χ1n) is 11.3. The van der Waals surface area contributed by atoms with E-state index in [1.54, 1.807) is 30.3 Å². The Morgan fingerprint density at radius 2 is 1.43 bits per heavy atom. The van der Waals surface area contributed by atoms with Crippen molar-refractivity contribution >= 4 is 18.0 Å². The van der Waals surface area contributed by atoms with Gasteiger partial charge in [0.2, 0.25) is 5.91 Å². The predicted molar refractivity (Wildman–Crippen MR) is 129 cm³/mol. The van der Waals surface area contributed by atoms with Gasteiger partial charge in [-0.2, -0.15) is 0 Å². The van der Waals surface area contributed by atoms with Crippen LogP contribution in [-0.4, -0.2) is 47.4 Å². The van der Waals surface area contributed by atoms with Gasteiger partial charge in [0.1, 0.15) is 12.6 Å². The van der Waals surface area contributed by atoms with E-state index < -0.39 is 30.1 Å². The molecule has 2 amide bonds. The molecule has 35 heavy (non-hydrogen) atoms. The van der Waals surface area contributed by atoms with Crippen molar-refractivity contribution in [2.24, 2.45) is 0 Å². The first kappa shape index (κ1) is 24.0. The second kappa shape index (κ2) is 10.8. The number of nitrogens with one attached hydrogen (secondary N) is 2. The standard InChI is InChI=1S/C27H26N2O6/c30-23(26(32)33)14-15-28-25(31)24(17-8-2-1-3-9-17)29-27(34)35-16-22-20-12-6-4-10-18(20)19-11-5-7-13-21(19)22/h1-13,22-24,30H,14-16H2,(H,28,31)(H,29,34)(H,32,33)/t23-,24+/m0/s1. The van der Waals surface area contributed by atoms with Crippen LogP contribution < -0.4 is 10.6 Å². The highest BCUT2D eigenvalue weighted by Gasteiger charge is 2.30. The van der Waals surface area contributed by atoms with Gasteiger partial charge in [-0.25, -0.2) is 9.59 Å². The van der Waals surface area contributed by atoms with Gasteiger partial charge in [-0.05, 0) is 27.8 Å². The number of rotatable bonds is 9. The molecule has 8 heteroatoms. The average molecular weight is 475 g/mol. The lowest BCUT2D eigenvalue weighted by atomic mass is 9.98. The van der Waals surface area contributed by atoms with E-state index in [9.17, 15) is 19.5 Å².